The van der Waals surface area contributed by atoms with Crippen molar-refractivity contribution in [1.82, 2.24) is 10.1 Å². The average Bonchev–Trinajstić information content (AvgIpc) is 3.21. The van der Waals surface area contributed by atoms with Crippen molar-refractivity contribution in [3.63, 3.8) is 0 Å². The Morgan fingerprint density at radius 2 is 1.94 bits per heavy atom. The molecule has 1 amide bonds. The highest BCUT2D eigenvalue weighted by Crippen LogP contribution is 2.31. The first kappa shape index (κ1) is 21.1. The van der Waals surface area contributed by atoms with Crippen LogP contribution in [-0.4, -0.2) is 35.4 Å². The summed E-state index contributed by atoms with van der Waals surface area (Å²) in [5, 5.41) is 4.82. The second kappa shape index (κ2) is 8.94. The summed E-state index contributed by atoms with van der Waals surface area (Å²) in [6.45, 7) is 2.89. The minimum absolute atomic E-state index is 0.0612. The number of hydrogen-bond donors (Lipinski definition) is 0. The second-order valence-electron chi connectivity index (χ2n) is 7.64. The van der Waals surface area contributed by atoms with Crippen molar-refractivity contribution >= 4 is 23.3 Å². The Balaban J connectivity index is 1.44. The van der Waals surface area contributed by atoms with Crippen LogP contribution in [0.2, 0.25) is 5.02 Å². The third-order valence-electron chi connectivity index (χ3n) is 5.52. The fourth-order valence-corrected chi connectivity index (χ4v) is 3.93. The molecular formula is C24H23ClN2O4. The van der Waals surface area contributed by atoms with Crippen LogP contribution in [0.15, 0.2) is 47.0 Å². The van der Waals surface area contributed by atoms with Crippen LogP contribution < -0.4 is 4.74 Å². The van der Waals surface area contributed by atoms with Gasteiger partial charge in [-0.2, -0.15) is 0 Å². The molecule has 31 heavy (non-hydrogen) atoms. The number of amides is 1. The van der Waals surface area contributed by atoms with Crippen molar-refractivity contribution in [3.05, 3.63) is 69.9 Å². The van der Waals surface area contributed by atoms with Gasteiger partial charge in [0, 0.05) is 42.0 Å². The van der Waals surface area contributed by atoms with Crippen molar-refractivity contribution < 1.29 is 18.8 Å². The fourth-order valence-electron chi connectivity index (χ4n) is 3.81. The normalized spacial score (nSPS) is 13.1. The molecule has 0 saturated heterocycles. The van der Waals surface area contributed by atoms with Crippen LogP contribution >= 0.6 is 11.6 Å². The van der Waals surface area contributed by atoms with Crippen LogP contribution in [0.3, 0.4) is 0 Å². The number of aromatic nitrogens is 1. The highest BCUT2D eigenvalue weighted by Gasteiger charge is 2.27. The summed E-state index contributed by atoms with van der Waals surface area (Å²) in [7, 11) is 1.54. The van der Waals surface area contributed by atoms with Gasteiger partial charge in [0.15, 0.2) is 11.5 Å². The van der Waals surface area contributed by atoms with Gasteiger partial charge in [0.05, 0.1) is 24.9 Å². The number of ketones is 1. The molecule has 0 N–H and O–H groups in total. The summed E-state index contributed by atoms with van der Waals surface area (Å²) in [4.78, 5) is 27.3. The van der Waals surface area contributed by atoms with Crippen molar-refractivity contribution in [2.75, 3.05) is 13.7 Å². The monoisotopic (exact) mass is 438 g/mol. The van der Waals surface area contributed by atoms with E-state index >= 15 is 0 Å². The maximum Gasteiger partial charge on any atom is 0.223 e. The van der Waals surface area contributed by atoms with Crippen molar-refractivity contribution in [1.29, 1.82) is 0 Å². The van der Waals surface area contributed by atoms with Gasteiger partial charge in [0.2, 0.25) is 5.91 Å². The van der Waals surface area contributed by atoms with Crippen molar-refractivity contribution in [2.45, 2.75) is 32.7 Å². The van der Waals surface area contributed by atoms with E-state index in [2.05, 4.69) is 5.16 Å². The molecule has 0 unspecified atom stereocenters. The van der Waals surface area contributed by atoms with E-state index in [0.717, 1.165) is 22.4 Å². The SMILES string of the molecule is COc1ccc(C)cc1C(=O)CCC(=O)N1CCc2noc(-c3ccc(Cl)cc3)c2C1. The molecule has 6 nitrogen and oxygen atoms in total. The fraction of sp³-hybridized carbons (Fsp3) is 0.292. The number of fused-ring (bicyclic) bond motifs is 1. The molecular weight excluding hydrogens is 416 g/mol. The van der Waals surface area contributed by atoms with E-state index in [1.54, 1.807) is 29.2 Å². The summed E-state index contributed by atoms with van der Waals surface area (Å²) in [5.41, 5.74) is 4.14. The molecule has 4 rings (SSSR count). The number of ether oxygens (including phenoxy) is 1. The number of aryl methyl sites for hydroxylation is 1. The lowest BCUT2D eigenvalue weighted by Crippen LogP contribution is -2.36. The van der Waals surface area contributed by atoms with Crippen LogP contribution in [0.25, 0.3) is 11.3 Å². The molecule has 0 fully saturated rings. The zero-order chi connectivity index (χ0) is 22.0. The number of rotatable bonds is 6. The van der Waals surface area contributed by atoms with Gasteiger partial charge in [-0.3, -0.25) is 9.59 Å². The van der Waals surface area contributed by atoms with Gasteiger partial charge >= 0.3 is 0 Å². The molecule has 0 spiro atoms. The highest BCUT2D eigenvalue weighted by molar-refractivity contribution is 6.30. The molecule has 0 radical (unpaired) electrons. The maximum absolute atomic E-state index is 12.9. The van der Waals surface area contributed by atoms with E-state index in [9.17, 15) is 9.59 Å². The van der Waals surface area contributed by atoms with Crippen LogP contribution in [0.5, 0.6) is 5.75 Å². The number of hydrogen-bond acceptors (Lipinski definition) is 5. The lowest BCUT2D eigenvalue weighted by Gasteiger charge is -2.26. The molecule has 2 aromatic carbocycles. The minimum atomic E-state index is -0.0987. The zero-order valence-corrected chi connectivity index (χ0v) is 18.2. The molecule has 3 aromatic rings. The Hall–Kier alpha value is -3.12. The van der Waals surface area contributed by atoms with Gasteiger partial charge in [0.25, 0.3) is 0 Å². The van der Waals surface area contributed by atoms with Crippen molar-refractivity contribution in [2.24, 2.45) is 0 Å². The van der Waals surface area contributed by atoms with Crippen molar-refractivity contribution in [3.8, 4) is 17.1 Å². The highest BCUT2D eigenvalue weighted by atomic mass is 35.5. The first-order chi connectivity index (χ1) is 15.0. The van der Waals surface area contributed by atoms with Gasteiger partial charge < -0.3 is 14.2 Å². The third kappa shape index (κ3) is 4.49. The molecule has 7 heteroatoms. The first-order valence-corrected chi connectivity index (χ1v) is 10.5. The van der Waals surface area contributed by atoms with Crippen LogP contribution in [-0.2, 0) is 17.8 Å². The molecule has 0 bridgehead atoms. The molecule has 1 aromatic heterocycles. The van der Waals surface area contributed by atoms with Gasteiger partial charge in [-0.05, 0) is 43.3 Å². The Labute approximate surface area is 185 Å². The third-order valence-corrected chi connectivity index (χ3v) is 5.77. The Morgan fingerprint density at radius 1 is 1.16 bits per heavy atom. The van der Waals surface area contributed by atoms with Crippen LogP contribution in [0.1, 0.15) is 40.0 Å². The maximum atomic E-state index is 12.9. The van der Waals surface area contributed by atoms with E-state index in [4.69, 9.17) is 20.9 Å². The summed E-state index contributed by atoms with van der Waals surface area (Å²) in [5.74, 6) is 1.03. The molecule has 0 saturated carbocycles. The molecule has 2 heterocycles. The lowest BCUT2D eigenvalue weighted by molar-refractivity contribution is -0.132. The van der Waals surface area contributed by atoms with Crippen LogP contribution in [0.4, 0.5) is 0 Å². The molecule has 1 aliphatic heterocycles. The Bertz CT molecular complexity index is 1120. The number of Topliss-reactive ketones (excluding diaryl/α,β-unsaturated/α-hetero) is 1. The topological polar surface area (TPSA) is 72.6 Å². The number of benzene rings is 2. The smallest absolute Gasteiger partial charge is 0.223 e. The number of carbonyl (C=O) groups is 2. The van der Waals surface area contributed by atoms with Crippen LogP contribution in [0, 0.1) is 6.92 Å². The van der Waals surface area contributed by atoms with Gasteiger partial charge in [-0.1, -0.05) is 28.4 Å². The largest absolute Gasteiger partial charge is 0.496 e. The number of halogens is 1. The van der Waals surface area contributed by atoms with E-state index in [1.165, 1.54) is 7.11 Å². The quantitative estimate of drug-likeness (QED) is 0.514. The summed E-state index contributed by atoms with van der Waals surface area (Å²) in [6, 6.07) is 12.8. The first-order valence-electron chi connectivity index (χ1n) is 10.1. The zero-order valence-electron chi connectivity index (χ0n) is 17.5. The van der Waals surface area contributed by atoms with E-state index in [1.807, 2.05) is 25.1 Å². The van der Waals surface area contributed by atoms with Gasteiger partial charge in [-0.15, -0.1) is 0 Å². The van der Waals surface area contributed by atoms with Gasteiger partial charge in [0.1, 0.15) is 5.75 Å². The summed E-state index contributed by atoms with van der Waals surface area (Å²) < 4.78 is 10.9. The molecule has 0 aliphatic carbocycles. The minimum Gasteiger partial charge on any atom is -0.496 e. The molecule has 1 aliphatic rings. The number of methoxy groups -OCH3 is 1. The summed E-state index contributed by atoms with van der Waals surface area (Å²) >= 11 is 5.98. The lowest BCUT2D eigenvalue weighted by atomic mass is 10.00. The van der Waals surface area contributed by atoms with E-state index in [0.29, 0.717) is 41.6 Å². The molecule has 160 valence electrons. The Morgan fingerprint density at radius 3 is 2.68 bits per heavy atom. The predicted octanol–water partition coefficient (Wildman–Crippen LogP) is 4.86. The number of nitrogens with zero attached hydrogens (tertiary/aromatic N) is 2. The number of carbonyl (C=O) groups excluding carboxylic acids is 2. The summed E-state index contributed by atoms with van der Waals surface area (Å²) in [6.07, 6.45) is 0.903. The average molecular weight is 439 g/mol. The van der Waals surface area contributed by atoms with Gasteiger partial charge in [-0.25, -0.2) is 0 Å². The van der Waals surface area contributed by atoms with E-state index in [-0.39, 0.29) is 24.5 Å². The predicted molar refractivity (Wildman–Crippen MR) is 117 cm³/mol. The second-order valence-corrected chi connectivity index (χ2v) is 8.07. The Kier molecular flexibility index (Phi) is 6.09. The molecule has 0 atom stereocenters. The van der Waals surface area contributed by atoms with E-state index < -0.39 is 0 Å². The standard InChI is InChI=1S/C24H23ClN2O4/c1-15-3-9-22(30-2)18(13-15)21(28)8-10-23(29)27-12-11-20-19(14-27)24(31-26-20)16-4-6-17(25)7-5-16/h3-7,9,13H,8,10-12,14H2,1-2H3.